The van der Waals surface area contributed by atoms with Crippen molar-refractivity contribution in [3.63, 3.8) is 0 Å². The number of amides is 1. The smallest absolute Gasteiger partial charge is 0.323 e. The molecule has 0 aromatic heterocycles. The van der Waals surface area contributed by atoms with Crippen LogP contribution in [-0.2, 0) is 26.4 Å². The number of carbonyl (C=O) groups excluding carboxylic acids is 1. The minimum atomic E-state index is -4.61. The molecule has 2 rings (SSSR count). The van der Waals surface area contributed by atoms with Crippen LogP contribution in [0.25, 0.3) is 0 Å². The Kier molecular flexibility index (Phi) is 6.78. The van der Waals surface area contributed by atoms with Crippen LogP contribution in [0.1, 0.15) is 31.9 Å². The second kappa shape index (κ2) is 8.47. The molecule has 0 saturated carbocycles. The van der Waals surface area contributed by atoms with Gasteiger partial charge in [-0.25, -0.2) is 8.42 Å². The van der Waals surface area contributed by atoms with E-state index in [9.17, 15) is 26.4 Å². The van der Waals surface area contributed by atoms with E-state index in [0.29, 0.717) is 6.07 Å². The van der Waals surface area contributed by atoms with E-state index < -0.39 is 34.2 Å². The summed E-state index contributed by atoms with van der Waals surface area (Å²) >= 11 is 5.88. The summed E-state index contributed by atoms with van der Waals surface area (Å²) in [5, 5.41) is 2.15. The standard InChI is InChI=1S/C20H22ClF3N2O3S/c1-19(2,3)13-5-8-15(9-6-13)26(30(4,28)29)12-18(27)25-17-11-14(20(22,23)24)7-10-16(17)21/h5-11H,12H2,1-4H3,(H,25,27). The number of benzene rings is 2. The zero-order valence-electron chi connectivity index (χ0n) is 16.8. The molecule has 0 unspecified atom stereocenters. The van der Waals surface area contributed by atoms with E-state index in [1.54, 1.807) is 24.3 Å². The largest absolute Gasteiger partial charge is 0.416 e. The molecule has 0 bridgehead atoms. The number of nitrogens with zero attached hydrogens (tertiary/aromatic N) is 1. The molecule has 1 amide bonds. The summed E-state index contributed by atoms with van der Waals surface area (Å²) in [7, 11) is -3.84. The quantitative estimate of drug-likeness (QED) is 0.675. The van der Waals surface area contributed by atoms with Crippen molar-refractivity contribution in [3.05, 3.63) is 58.6 Å². The summed E-state index contributed by atoms with van der Waals surface area (Å²) in [4.78, 5) is 12.4. The Morgan fingerprint density at radius 3 is 2.03 bits per heavy atom. The maximum absolute atomic E-state index is 12.9. The molecule has 0 spiro atoms. The van der Waals surface area contributed by atoms with Crippen LogP contribution in [0.2, 0.25) is 5.02 Å². The molecular formula is C20H22ClF3N2O3S. The highest BCUT2D eigenvalue weighted by molar-refractivity contribution is 7.92. The first-order chi connectivity index (χ1) is 13.6. The van der Waals surface area contributed by atoms with E-state index in [1.807, 2.05) is 20.8 Å². The topological polar surface area (TPSA) is 66.5 Å². The van der Waals surface area contributed by atoms with E-state index in [0.717, 1.165) is 28.3 Å². The Morgan fingerprint density at radius 2 is 1.57 bits per heavy atom. The monoisotopic (exact) mass is 462 g/mol. The molecule has 164 valence electrons. The highest BCUT2D eigenvalue weighted by Crippen LogP contribution is 2.34. The Balaban J connectivity index is 2.27. The number of alkyl halides is 3. The van der Waals surface area contributed by atoms with E-state index >= 15 is 0 Å². The highest BCUT2D eigenvalue weighted by atomic mass is 35.5. The molecule has 30 heavy (non-hydrogen) atoms. The van der Waals surface area contributed by atoms with Gasteiger partial charge < -0.3 is 5.32 Å². The molecule has 0 atom stereocenters. The van der Waals surface area contributed by atoms with Crippen LogP contribution in [-0.4, -0.2) is 27.1 Å². The molecule has 0 radical (unpaired) electrons. The van der Waals surface area contributed by atoms with Crippen molar-refractivity contribution in [1.82, 2.24) is 0 Å². The summed E-state index contributed by atoms with van der Waals surface area (Å²) in [5.74, 6) is -0.832. The average molecular weight is 463 g/mol. The molecule has 0 heterocycles. The number of halogens is 4. The van der Waals surface area contributed by atoms with Crippen LogP contribution in [0.3, 0.4) is 0 Å². The SMILES string of the molecule is CC(C)(C)c1ccc(N(CC(=O)Nc2cc(C(F)(F)F)ccc2Cl)S(C)(=O)=O)cc1. The van der Waals surface area contributed by atoms with Gasteiger partial charge in [0.1, 0.15) is 6.54 Å². The van der Waals surface area contributed by atoms with E-state index in [2.05, 4.69) is 5.32 Å². The summed E-state index contributed by atoms with van der Waals surface area (Å²) < 4.78 is 64.0. The second-order valence-corrected chi connectivity index (χ2v) is 10.1. The number of nitrogens with one attached hydrogen (secondary N) is 1. The van der Waals surface area contributed by atoms with Gasteiger partial charge >= 0.3 is 6.18 Å². The van der Waals surface area contributed by atoms with E-state index in [-0.39, 0.29) is 21.8 Å². The zero-order chi connectivity index (χ0) is 22.9. The first kappa shape index (κ1) is 24.0. The van der Waals surface area contributed by atoms with Crippen LogP contribution >= 0.6 is 11.6 Å². The van der Waals surface area contributed by atoms with Gasteiger partial charge in [0, 0.05) is 0 Å². The number of hydrogen-bond acceptors (Lipinski definition) is 3. The second-order valence-electron chi connectivity index (χ2n) is 7.81. The van der Waals surface area contributed by atoms with Gasteiger partial charge in [-0.05, 0) is 41.3 Å². The number of sulfonamides is 1. The normalized spacial score (nSPS) is 12.5. The third-order valence-corrected chi connectivity index (χ3v) is 5.75. The predicted molar refractivity (Wildman–Crippen MR) is 112 cm³/mol. The molecular weight excluding hydrogens is 441 g/mol. The summed E-state index contributed by atoms with van der Waals surface area (Å²) in [6, 6.07) is 9.17. The lowest BCUT2D eigenvalue weighted by atomic mass is 9.87. The number of carbonyl (C=O) groups is 1. The van der Waals surface area contributed by atoms with Crippen molar-refractivity contribution in [1.29, 1.82) is 0 Å². The van der Waals surface area contributed by atoms with Crippen LogP contribution in [0.15, 0.2) is 42.5 Å². The van der Waals surface area contributed by atoms with Gasteiger partial charge in [0.05, 0.1) is 28.2 Å². The molecule has 0 saturated heterocycles. The molecule has 0 aliphatic rings. The van der Waals surface area contributed by atoms with Crippen LogP contribution < -0.4 is 9.62 Å². The maximum atomic E-state index is 12.9. The van der Waals surface area contributed by atoms with Gasteiger partial charge in [0.25, 0.3) is 0 Å². The predicted octanol–water partition coefficient (Wildman–Crippen LogP) is 5.06. The molecule has 1 N–H and O–H groups in total. The number of anilines is 2. The van der Waals surface area contributed by atoms with Crippen LogP contribution in [0, 0.1) is 0 Å². The zero-order valence-corrected chi connectivity index (χ0v) is 18.4. The van der Waals surface area contributed by atoms with Crippen molar-refractivity contribution in [2.24, 2.45) is 0 Å². The van der Waals surface area contributed by atoms with Gasteiger partial charge in [-0.2, -0.15) is 13.2 Å². The van der Waals surface area contributed by atoms with Crippen molar-refractivity contribution >= 4 is 38.9 Å². The lowest BCUT2D eigenvalue weighted by Crippen LogP contribution is -2.37. The lowest BCUT2D eigenvalue weighted by Gasteiger charge is -2.24. The Morgan fingerprint density at radius 1 is 1.03 bits per heavy atom. The molecule has 10 heteroatoms. The van der Waals surface area contributed by atoms with E-state index in [4.69, 9.17) is 11.6 Å². The van der Waals surface area contributed by atoms with Crippen molar-refractivity contribution in [3.8, 4) is 0 Å². The Labute approximate surface area is 178 Å². The average Bonchev–Trinajstić information content (AvgIpc) is 2.59. The number of hydrogen-bond donors (Lipinski definition) is 1. The molecule has 0 aliphatic carbocycles. The molecule has 2 aromatic carbocycles. The fourth-order valence-electron chi connectivity index (χ4n) is 2.65. The molecule has 2 aromatic rings. The fourth-order valence-corrected chi connectivity index (χ4v) is 3.67. The Hall–Kier alpha value is -2.26. The highest BCUT2D eigenvalue weighted by Gasteiger charge is 2.31. The fraction of sp³-hybridized carbons (Fsp3) is 0.350. The van der Waals surface area contributed by atoms with Crippen molar-refractivity contribution < 1.29 is 26.4 Å². The molecule has 0 aliphatic heterocycles. The van der Waals surface area contributed by atoms with Gasteiger partial charge in [-0.15, -0.1) is 0 Å². The third-order valence-electron chi connectivity index (χ3n) is 4.28. The molecule has 0 fully saturated rings. The van der Waals surface area contributed by atoms with Crippen molar-refractivity contribution in [2.75, 3.05) is 22.4 Å². The van der Waals surface area contributed by atoms with Gasteiger partial charge in [-0.3, -0.25) is 9.10 Å². The first-order valence-electron chi connectivity index (χ1n) is 8.84. The summed E-state index contributed by atoms with van der Waals surface area (Å²) in [5.41, 5.74) is -0.157. The number of rotatable bonds is 5. The third kappa shape index (κ3) is 6.12. The van der Waals surface area contributed by atoms with Gasteiger partial charge in [-0.1, -0.05) is 44.5 Å². The minimum Gasteiger partial charge on any atom is -0.323 e. The van der Waals surface area contributed by atoms with E-state index in [1.165, 1.54) is 0 Å². The first-order valence-corrected chi connectivity index (χ1v) is 11.1. The van der Waals surface area contributed by atoms with Crippen LogP contribution in [0.4, 0.5) is 24.5 Å². The molecule has 5 nitrogen and oxygen atoms in total. The summed E-state index contributed by atoms with van der Waals surface area (Å²) in [6.45, 7) is 5.38. The van der Waals surface area contributed by atoms with Gasteiger partial charge in [0.15, 0.2) is 0 Å². The van der Waals surface area contributed by atoms with Crippen molar-refractivity contribution in [2.45, 2.75) is 32.4 Å². The lowest BCUT2D eigenvalue weighted by molar-refractivity contribution is -0.137. The maximum Gasteiger partial charge on any atom is 0.416 e. The summed E-state index contributed by atoms with van der Waals surface area (Å²) in [6.07, 6.45) is -3.67. The van der Waals surface area contributed by atoms with Crippen LogP contribution in [0.5, 0.6) is 0 Å². The minimum absolute atomic E-state index is 0.100. The Bertz CT molecular complexity index is 1030. The van der Waals surface area contributed by atoms with Gasteiger partial charge in [0.2, 0.25) is 15.9 Å².